The van der Waals surface area contributed by atoms with Crippen LogP contribution in [0.25, 0.3) is 22.3 Å². The van der Waals surface area contributed by atoms with Crippen molar-refractivity contribution in [1.29, 1.82) is 0 Å². The Bertz CT molecular complexity index is 1570. The van der Waals surface area contributed by atoms with Gasteiger partial charge in [-0.25, -0.2) is 24.5 Å². The summed E-state index contributed by atoms with van der Waals surface area (Å²) < 4.78 is 7.79. The average Bonchev–Trinajstić information content (AvgIpc) is 3.34. The van der Waals surface area contributed by atoms with E-state index in [1.165, 1.54) is 11.9 Å². The third-order valence-corrected chi connectivity index (χ3v) is 6.07. The fourth-order valence-electron chi connectivity index (χ4n) is 4.25. The molecule has 0 saturated heterocycles. The van der Waals surface area contributed by atoms with Crippen LogP contribution in [0.4, 0.5) is 11.5 Å². The van der Waals surface area contributed by atoms with E-state index < -0.39 is 0 Å². The number of hydrogen-bond acceptors (Lipinski definition) is 8. The molecule has 1 aliphatic rings. The molecule has 35 heavy (non-hydrogen) atoms. The molecule has 0 fully saturated rings. The summed E-state index contributed by atoms with van der Waals surface area (Å²) in [5.74, 6) is 2.14. The number of rotatable bonds is 5. The molecule has 0 radical (unpaired) electrons. The number of fused-ring (bicyclic) bond motifs is 2. The molecular formula is C26H24N8O. The molecule has 5 heterocycles. The lowest BCUT2D eigenvalue weighted by Gasteiger charge is -2.20. The number of anilines is 2. The quantitative estimate of drug-likeness (QED) is 0.387. The van der Waals surface area contributed by atoms with Gasteiger partial charge in [0.25, 0.3) is 0 Å². The van der Waals surface area contributed by atoms with Crippen LogP contribution in [0.5, 0.6) is 11.5 Å². The molecule has 174 valence electrons. The van der Waals surface area contributed by atoms with Crippen LogP contribution < -0.4 is 15.4 Å². The summed E-state index contributed by atoms with van der Waals surface area (Å²) in [5.41, 5.74) is 6.37. The lowest BCUT2D eigenvalue weighted by Crippen LogP contribution is -2.30. The minimum Gasteiger partial charge on any atom is -0.457 e. The number of ether oxygens (including phenoxy) is 1. The SMILES string of the molecule is Cc1cc(Nc2ncnc3ccc(C4=CCNC(C)C4)nc23)ccc1Oc1ccn2ncnc2c1. The van der Waals surface area contributed by atoms with Gasteiger partial charge in [0.1, 0.15) is 29.7 Å². The highest BCUT2D eigenvalue weighted by atomic mass is 16.5. The van der Waals surface area contributed by atoms with Gasteiger partial charge in [-0.2, -0.15) is 5.10 Å². The van der Waals surface area contributed by atoms with Crippen LogP contribution in [0.1, 0.15) is 24.6 Å². The van der Waals surface area contributed by atoms with Crippen molar-refractivity contribution in [2.75, 3.05) is 11.9 Å². The minimum absolute atomic E-state index is 0.430. The number of benzene rings is 1. The van der Waals surface area contributed by atoms with E-state index in [2.05, 4.69) is 43.7 Å². The monoisotopic (exact) mass is 464 g/mol. The molecule has 0 spiro atoms. The molecule has 9 heteroatoms. The smallest absolute Gasteiger partial charge is 0.160 e. The van der Waals surface area contributed by atoms with Crippen molar-refractivity contribution in [3.8, 4) is 11.5 Å². The van der Waals surface area contributed by atoms with Crippen molar-refractivity contribution in [2.45, 2.75) is 26.3 Å². The molecular weight excluding hydrogens is 440 g/mol. The highest BCUT2D eigenvalue weighted by molar-refractivity contribution is 5.88. The lowest BCUT2D eigenvalue weighted by atomic mass is 10.00. The number of aryl methyl sites for hydroxylation is 1. The van der Waals surface area contributed by atoms with Gasteiger partial charge in [-0.1, -0.05) is 6.08 Å². The Hall–Kier alpha value is -4.37. The molecule has 2 N–H and O–H groups in total. The highest BCUT2D eigenvalue weighted by Gasteiger charge is 2.15. The topological polar surface area (TPSA) is 102 Å². The van der Waals surface area contributed by atoms with Gasteiger partial charge in [-0.3, -0.25) is 0 Å². The van der Waals surface area contributed by atoms with Crippen molar-refractivity contribution >= 4 is 33.8 Å². The first-order valence-corrected chi connectivity index (χ1v) is 11.5. The first-order chi connectivity index (χ1) is 17.1. The van der Waals surface area contributed by atoms with Crippen LogP contribution in [0.3, 0.4) is 0 Å². The first-order valence-electron chi connectivity index (χ1n) is 11.5. The molecule has 0 aliphatic carbocycles. The standard InChI is InChI=1S/C26H24N8O/c1-16-11-19(3-6-23(16)35-20-8-10-34-24(13-20)29-15-31-34)32-26-25-22(28-14-30-26)5-4-21(33-25)18-7-9-27-17(2)12-18/h3-8,10-11,13-15,17,27H,9,12H2,1-2H3,(H,28,30,32). The van der Waals surface area contributed by atoms with E-state index in [9.17, 15) is 0 Å². The van der Waals surface area contributed by atoms with E-state index in [4.69, 9.17) is 9.72 Å². The van der Waals surface area contributed by atoms with Gasteiger partial charge in [-0.15, -0.1) is 0 Å². The van der Waals surface area contributed by atoms with E-state index in [1.54, 1.807) is 10.8 Å². The summed E-state index contributed by atoms with van der Waals surface area (Å²) in [5, 5.41) is 11.0. The van der Waals surface area contributed by atoms with Crippen LogP contribution in [-0.4, -0.2) is 42.1 Å². The van der Waals surface area contributed by atoms with Crippen molar-refractivity contribution in [1.82, 2.24) is 34.9 Å². The molecule has 1 aliphatic heterocycles. The number of nitrogens with one attached hydrogen (secondary N) is 2. The Morgan fingerprint density at radius 1 is 1.06 bits per heavy atom. The van der Waals surface area contributed by atoms with Crippen molar-refractivity contribution < 1.29 is 4.74 Å². The Morgan fingerprint density at radius 2 is 2.00 bits per heavy atom. The molecule has 5 aromatic rings. The highest BCUT2D eigenvalue weighted by Crippen LogP contribution is 2.30. The number of pyridine rings is 2. The molecule has 6 rings (SSSR count). The van der Waals surface area contributed by atoms with E-state index >= 15 is 0 Å². The fraction of sp³-hybridized carbons (Fsp3) is 0.192. The molecule has 9 nitrogen and oxygen atoms in total. The van der Waals surface area contributed by atoms with Gasteiger partial charge in [0.2, 0.25) is 0 Å². The van der Waals surface area contributed by atoms with E-state index in [0.29, 0.717) is 17.6 Å². The normalized spacial score (nSPS) is 15.8. The van der Waals surface area contributed by atoms with Crippen molar-refractivity contribution in [2.24, 2.45) is 0 Å². The predicted octanol–water partition coefficient (Wildman–Crippen LogP) is 4.68. The van der Waals surface area contributed by atoms with Gasteiger partial charge in [0.05, 0.1) is 11.2 Å². The Balaban J connectivity index is 1.27. The van der Waals surface area contributed by atoms with Gasteiger partial charge in [0, 0.05) is 30.5 Å². The van der Waals surface area contributed by atoms with Gasteiger partial charge >= 0.3 is 0 Å². The number of aromatic nitrogens is 6. The Kier molecular flexibility index (Phi) is 5.31. The molecule has 0 bridgehead atoms. The van der Waals surface area contributed by atoms with E-state index in [-0.39, 0.29) is 0 Å². The predicted molar refractivity (Wildman–Crippen MR) is 135 cm³/mol. The van der Waals surface area contributed by atoms with E-state index in [0.717, 1.165) is 52.3 Å². The van der Waals surface area contributed by atoms with E-state index in [1.807, 2.05) is 55.6 Å². The minimum atomic E-state index is 0.430. The zero-order chi connectivity index (χ0) is 23.8. The number of nitrogens with zero attached hydrogens (tertiary/aromatic N) is 6. The zero-order valence-electron chi connectivity index (χ0n) is 19.4. The largest absolute Gasteiger partial charge is 0.457 e. The maximum absolute atomic E-state index is 6.10. The van der Waals surface area contributed by atoms with Crippen molar-refractivity contribution in [3.63, 3.8) is 0 Å². The molecule has 1 aromatic carbocycles. The van der Waals surface area contributed by atoms with Crippen LogP contribution in [0, 0.1) is 6.92 Å². The number of hydrogen-bond donors (Lipinski definition) is 2. The van der Waals surface area contributed by atoms with Gasteiger partial charge < -0.3 is 15.4 Å². The molecule has 1 atom stereocenters. The van der Waals surface area contributed by atoms with Crippen LogP contribution >= 0.6 is 0 Å². The maximum Gasteiger partial charge on any atom is 0.160 e. The maximum atomic E-state index is 6.10. The van der Waals surface area contributed by atoms with Gasteiger partial charge in [0.15, 0.2) is 11.5 Å². The molecule has 1 unspecified atom stereocenters. The average molecular weight is 465 g/mol. The summed E-state index contributed by atoms with van der Waals surface area (Å²) in [6.45, 7) is 5.05. The summed E-state index contributed by atoms with van der Waals surface area (Å²) >= 11 is 0. The third kappa shape index (κ3) is 4.29. The Labute approximate surface area is 201 Å². The lowest BCUT2D eigenvalue weighted by molar-refractivity contribution is 0.478. The van der Waals surface area contributed by atoms with Crippen LogP contribution in [0.15, 0.2) is 67.4 Å². The summed E-state index contributed by atoms with van der Waals surface area (Å²) in [4.78, 5) is 18.0. The zero-order valence-corrected chi connectivity index (χ0v) is 19.4. The Morgan fingerprint density at radius 3 is 2.89 bits per heavy atom. The van der Waals surface area contributed by atoms with Crippen LogP contribution in [0.2, 0.25) is 0 Å². The summed E-state index contributed by atoms with van der Waals surface area (Å²) in [6, 6.07) is 14.1. The second-order valence-electron chi connectivity index (χ2n) is 8.66. The first kappa shape index (κ1) is 21.2. The van der Waals surface area contributed by atoms with Gasteiger partial charge in [-0.05, 0) is 67.8 Å². The second-order valence-corrected chi connectivity index (χ2v) is 8.66. The molecule has 4 aromatic heterocycles. The fourth-order valence-corrected chi connectivity index (χ4v) is 4.25. The summed E-state index contributed by atoms with van der Waals surface area (Å²) in [7, 11) is 0. The second kappa shape index (κ2) is 8.77. The summed E-state index contributed by atoms with van der Waals surface area (Å²) in [6.07, 6.45) is 8.05. The molecule has 0 saturated carbocycles. The van der Waals surface area contributed by atoms with Crippen molar-refractivity contribution in [3.05, 3.63) is 78.6 Å². The third-order valence-electron chi connectivity index (χ3n) is 6.07. The molecule has 0 amide bonds. The van der Waals surface area contributed by atoms with Crippen LogP contribution in [-0.2, 0) is 0 Å².